The summed E-state index contributed by atoms with van der Waals surface area (Å²) in [6.45, 7) is 3.76. The second-order valence-electron chi connectivity index (χ2n) is 20.8. The number of nitrogens with one attached hydrogen (secondary N) is 1. The van der Waals surface area contributed by atoms with Crippen LogP contribution in [0.5, 0.6) is 0 Å². The van der Waals surface area contributed by atoms with Crippen molar-refractivity contribution in [3.05, 3.63) is 60.8 Å². The van der Waals surface area contributed by atoms with Crippen LogP contribution in [-0.4, -0.2) is 87.5 Å². The van der Waals surface area contributed by atoms with Crippen LogP contribution in [-0.2, 0) is 14.3 Å². The minimum Gasteiger partial charge on any atom is -0.394 e. The Bertz CT molecular complexity index is 1300. The van der Waals surface area contributed by atoms with Crippen LogP contribution in [0, 0.1) is 0 Å². The van der Waals surface area contributed by atoms with Crippen LogP contribution in [0.25, 0.3) is 0 Å². The first kappa shape index (κ1) is 66.9. The SMILES string of the molecule is CCCCCCC/C=C\C/C=C\C/C=C\CCCCCCCCCCCCCCCCCCCCC(=O)NC(COC1OC(CO)C(O)C(O)C1O)C(O)/C=C/CC/C=C/CCCCCCCCCCC. The lowest BCUT2D eigenvalue weighted by molar-refractivity contribution is -0.302. The molecule has 0 spiro atoms. The predicted molar refractivity (Wildman–Crippen MR) is 299 cm³/mol. The number of hydrogen-bond donors (Lipinski definition) is 6. The van der Waals surface area contributed by atoms with Crippen LogP contribution >= 0.6 is 0 Å². The molecule has 0 aromatic rings. The topological polar surface area (TPSA) is 149 Å². The van der Waals surface area contributed by atoms with Crippen LogP contribution in [0.3, 0.4) is 0 Å². The van der Waals surface area contributed by atoms with Gasteiger partial charge in [0.1, 0.15) is 24.4 Å². The van der Waals surface area contributed by atoms with Gasteiger partial charge in [-0.3, -0.25) is 4.79 Å². The van der Waals surface area contributed by atoms with Gasteiger partial charge in [0.25, 0.3) is 0 Å². The molecule has 1 rings (SSSR count). The Balaban J connectivity index is 2.14. The van der Waals surface area contributed by atoms with Crippen molar-refractivity contribution >= 4 is 5.91 Å². The van der Waals surface area contributed by atoms with Crippen molar-refractivity contribution in [2.75, 3.05) is 13.2 Å². The van der Waals surface area contributed by atoms with E-state index in [0.717, 1.165) is 51.4 Å². The summed E-state index contributed by atoms with van der Waals surface area (Å²) < 4.78 is 11.2. The fourth-order valence-electron chi connectivity index (χ4n) is 9.30. The second-order valence-corrected chi connectivity index (χ2v) is 20.8. The first-order valence-corrected chi connectivity index (χ1v) is 30.0. The van der Waals surface area contributed by atoms with E-state index in [-0.39, 0.29) is 12.5 Å². The highest BCUT2D eigenvalue weighted by Crippen LogP contribution is 2.23. The molecule has 0 aromatic carbocycles. The summed E-state index contributed by atoms with van der Waals surface area (Å²) in [5.74, 6) is -0.185. The van der Waals surface area contributed by atoms with Crippen molar-refractivity contribution in [2.24, 2.45) is 0 Å². The molecular weight excluding hydrogens is 887 g/mol. The summed E-state index contributed by atoms with van der Waals surface area (Å²) in [5, 5.41) is 54.4. The average molecular weight is 1000 g/mol. The third-order valence-electron chi connectivity index (χ3n) is 14.1. The van der Waals surface area contributed by atoms with Gasteiger partial charge in [0.05, 0.1) is 25.4 Å². The average Bonchev–Trinajstić information content (AvgIpc) is 3.37. The van der Waals surface area contributed by atoms with Crippen molar-refractivity contribution in [1.82, 2.24) is 5.32 Å². The van der Waals surface area contributed by atoms with Gasteiger partial charge in [-0.05, 0) is 70.6 Å². The molecule has 1 saturated heterocycles. The van der Waals surface area contributed by atoms with Gasteiger partial charge in [-0.15, -0.1) is 0 Å². The summed E-state index contributed by atoms with van der Waals surface area (Å²) >= 11 is 0. The summed E-state index contributed by atoms with van der Waals surface area (Å²) in [5.41, 5.74) is 0. The Morgan fingerprint density at radius 3 is 1.28 bits per heavy atom. The van der Waals surface area contributed by atoms with Gasteiger partial charge in [0, 0.05) is 6.42 Å². The summed E-state index contributed by atoms with van der Waals surface area (Å²) in [6, 6.07) is -0.822. The van der Waals surface area contributed by atoms with Gasteiger partial charge < -0.3 is 40.3 Å². The number of amides is 1. The molecular formula is C62H113NO8. The van der Waals surface area contributed by atoms with Gasteiger partial charge in [0.2, 0.25) is 5.91 Å². The molecule has 7 atom stereocenters. The quantitative estimate of drug-likeness (QED) is 0.0261. The van der Waals surface area contributed by atoms with Crippen molar-refractivity contribution < 1.29 is 39.8 Å². The third-order valence-corrected chi connectivity index (χ3v) is 14.1. The maximum Gasteiger partial charge on any atom is 0.220 e. The van der Waals surface area contributed by atoms with Crippen molar-refractivity contribution in [2.45, 2.75) is 314 Å². The Kier molecular flexibility index (Phi) is 48.4. The summed E-state index contributed by atoms with van der Waals surface area (Å²) in [6.07, 6.45) is 63.0. The molecule has 1 aliphatic rings. The van der Waals surface area contributed by atoms with Gasteiger partial charge in [-0.1, -0.05) is 254 Å². The Morgan fingerprint density at radius 1 is 0.479 bits per heavy atom. The molecule has 0 bridgehead atoms. The molecule has 1 amide bonds. The molecule has 9 heteroatoms. The summed E-state index contributed by atoms with van der Waals surface area (Å²) in [4.78, 5) is 13.0. The first-order valence-electron chi connectivity index (χ1n) is 30.0. The van der Waals surface area contributed by atoms with E-state index in [2.05, 4.69) is 67.8 Å². The van der Waals surface area contributed by atoms with E-state index in [1.54, 1.807) is 6.08 Å². The molecule has 6 N–H and O–H groups in total. The zero-order valence-electron chi connectivity index (χ0n) is 46.0. The number of rotatable bonds is 51. The maximum atomic E-state index is 13.0. The van der Waals surface area contributed by atoms with Crippen molar-refractivity contribution in [1.29, 1.82) is 0 Å². The van der Waals surface area contributed by atoms with Gasteiger partial charge in [0.15, 0.2) is 6.29 Å². The minimum absolute atomic E-state index is 0.185. The Labute approximate surface area is 436 Å². The normalized spacial score (nSPS) is 19.7. The molecule has 7 unspecified atom stereocenters. The van der Waals surface area contributed by atoms with E-state index >= 15 is 0 Å². The largest absolute Gasteiger partial charge is 0.394 e. The number of carbonyl (C=O) groups is 1. The monoisotopic (exact) mass is 1000 g/mol. The number of ether oxygens (including phenoxy) is 2. The lowest BCUT2D eigenvalue weighted by atomic mass is 9.99. The van der Waals surface area contributed by atoms with Crippen LogP contribution in [0.2, 0.25) is 0 Å². The molecule has 414 valence electrons. The van der Waals surface area contributed by atoms with Gasteiger partial charge in [-0.25, -0.2) is 0 Å². The van der Waals surface area contributed by atoms with Crippen LogP contribution < -0.4 is 5.32 Å². The molecule has 0 aromatic heterocycles. The highest BCUT2D eigenvalue weighted by Gasteiger charge is 2.44. The number of unbranched alkanes of at least 4 members (excludes halogenated alkanes) is 33. The van der Waals surface area contributed by atoms with Gasteiger partial charge >= 0.3 is 0 Å². The van der Waals surface area contributed by atoms with Crippen LogP contribution in [0.1, 0.15) is 271 Å². The number of aliphatic hydroxyl groups excluding tert-OH is 5. The molecule has 1 fully saturated rings. The lowest BCUT2D eigenvalue weighted by Crippen LogP contribution is -2.60. The van der Waals surface area contributed by atoms with E-state index in [9.17, 15) is 30.3 Å². The zero-order valence-corrected chi connectivity index (χ0v) is 46.0. The minimum atomic E-state index is -1.57. The molecule has 1 heterocycles. The Morgan fingerprint density at radius 2 is 0.845 bits per heavy atom. The molecule has 0 saturated carbocycles. The highest BCUT2D eigenvalue weighted by molar-refractivity contribution is 5.76. The molecule has 9 nitrogen and oxygen atoms in total. The predicted octanol–water partition coefficient (Wildman–Crippen LogP) is 15.1. The first-order chi connectivity index (χ1) is 34.8. The smallest absolute Gasteiger partial charge is 0.220 e. The fourth-order valence-corrected chi connectivity index (χ4v) is 9.30. The van der Waals surface area contributed by atoms with E-state index in [1.807, 2.05) is 6.08 Å². The maximum absolute atomic E-state index is 13.0. The fraction of sp³-hybridized carbons (Fsp3) is 0.823. The van der Waals surface area contributed by atoms with E-state index < -0.39 is 49.5 Å². The van der Waals surface area contributed by atoms with Crippen molar-refractivity contribution in [3.8, 4) is 0 Å². The number of carbonyl (C=O) groups excluding carboxylic acids is 1. The van der Waals surface area contributed by atoms with E-state index in [4.69, 9.17) is 9.47 Å². The van der Waals surface area contributed by atoms with Crippen LogP contribution in [0.4, 0.5) is 0 Å². The molecule has 1 aliphatic heterocycles. The molecule has 71 heavy (non-hydrogen) atoms. The number of hydrogen-bond acceptors (Lipinski definition) is 8. The van der Waals surface area contributed by atoms with E-state index in [1.165, 1.54) is 199 Å². The Hall–Kier alpha value is -2.11. The summed E-state index contributed by atoms with van der Waals surface area (Å²) in [7, 11) is 0. The number of allylic oxidation sites excluding steroid dienone is 9. The lowest BCUT2D eigenvalue weighted by Gasteiger charge is -2.40. The molecule has 0 radical (unpaired) electrons. The zero-order chi connectivity index (χ0) is 51.5. The van der Waals surface area contributed by atoms with Gasteiger partial charge in [-0.2, -0.15) is 0 Å². The second kappa shape index (κ2) is 51.4. The molecule has 0 aliphatic carbocycles. The highest BCUT2D eigenvalue weighted by atomic mass is 16.7. The van der Waals surface area contributed by atoms with Crippen LogP contribution in [0.15, 0.2) is 60.8 Å². The standard InChI is InChI=1S/C62H113NO8/c1-3-5-7-9-11-13-15-17-19-20-21-22-23-24-25-26-27-28-29-30-31-32-33-34-35-36-38-40-42-44-46-48-50-52-58(66)63-55(54-70-62-61(69)60(68)59(67)57(53-64)71-62)56(65)51-49-47-45-43-41-39-37-18-16-14-12-10-8-6-4-2/h15,17,20-21,23-24,41,43,49,51,55-57,59-62,64-65,67-69H,3-14,16,18-19,22,25-40,42,44-48,50,52-54H2,1-2H3,(H,63,66)/b17-15-,21-20-,24-23-,43-41+,51-49+. The van der Waals surface area contributed by atoms with Crippen molar-refractivity contribution in [3.63, 3.8) is 0 Å². The third kappa shape index (κ3) is 40.9. The van der Waals surface area contributed by atoms with E-state index in [0.29, 0.717) is 6.42 Å². The number of aliphatic hydroxyl groups is 5.